The van der Waals surface area contributed by atoms with Crippen molar-refractivity contribution in [2.24, 2.45) is 0 Å². The van der Waals surface area contributed by atoms with Gasteiger partial charge in [-0.3, -0.25) is 14.5 Å². The molecule has 0 saturated carbocycles. The van der Waals surface area contributed by atoms with Gasteiger partial charge in [0.25, 0.3) is 0 Å². The van der Waals surface area contributed by atoms with Gasteiger partial charge in [-0.2, -0.15) is 13.2 Å². The SMILES string of the molecule is CCCCNC(=O)CN(C)CC(=O)Nc1ccc(Cl)c(C(F)(F)F)c1. The van der Waals surface area contributed by atoms with Crippen molar-refractivity contribution in [2.75, 3.05) is 32.0 Å². The average Bonchev–Trinajstić information content (AvgIpc) is 2.48. The lowest BCUT2D eigenvalue weighted by atomic mass is 10.2. The number of carbonyl (C=O) groups excluding carboxylic acids is 2. The molecule has 0 aliphatic heterocycles. The van der Waals surface area contributed by atoms with Crippen LogP contribution < -0.4 is 10.6 Å². The molecule has 0 fully saturated rings. The Kier molecular flexibility index (Phi) is 8.18. The fourth-order valence-corrected chi connectivity index (χ4v) is 2.25. The molecule has 0 saturated heterocycles. The zero-order valence-electron chi connectivity index (χ0n) is 14.0. The van der Waals surface area contributed by atoms with Gasteiger partial charge in [-0.1, -0.05) is 24.9 Å². The van der Waals surface area contributed by atoms with Crippen molar-refractivity contribution in [2.45, 2.75) is 25.9 Å². The van der Waals surface area contributed by atoms with Crippen LogP contribution in [-0.2, 0) is 15.8 Å². The van der Waals surface area contributed by atoms with E-state index in [9.17, 15) is 22.8 Å². The highest BCUT2D eigenvalue weighted by Gasteiger charge is 2.33. The Morgan fingerprint density at radius 2 is 1.84 bits per heavy atom. The number of halogens is 4. The van der Waals surface area contributed by atoms with Crippen molar-refractivity contribution in [3.63, 3.8) is 0 Å². The summed E-state index contributed by atoms with van der Waals surface area (Å²) < 4.78 is 38.4. The van der Waals surface area contributed by atoms with Crippen molar-refractivity contribution in [3.05, 3.63) is 28.8 Å². The number of nitrogens with one attached hydrogen (secondary N) is 2. The van der Waals surface area contributed by atoms with Crippen LogP contribution in [0.15, 0.2) is 18.2 Å². The lowest BCUT2D eigenvalue weighted by molar-refractivity contribution is -0.137. The molecule has 5 nitrogen and oxygen atoms in total. The van der Waals surface area contributed by atoms with Crippen LogP contribution in [0.25, 0.3) is 0 Å². The zero-order chi connectivity index (χ0) is 19.0. The van der Waals surface area contributed by atoms with E-state index in [1.807, 2.05) is 6.92 Å². The van der Waals surface area contributed by atoms with Crippen LogP contribution in [0.1, 0.15) is 25.3 Å². The fourth-order valence-electron chi connectivity index (χ4n) is 2.03. The van der Waals surface area contributed by atoms with Crippen molar-refractivity contribution in [1.29, 1.82) is 0 Å². The number of amides is 2. The number of alkyl halides is 3. The van der Waals surface area contributed by atoms with E-state index in [1.54, 1.807) is 7.05 Å². The number of hydrogen-bond acceptors (Lipinski definition) is 3. The van der Waals surface area contributed by atoms with Gasteiger partial charge in [-0.25, -0.2) is 0 Å². The van der Waals surface area contributed by atoms with E-state index in [0.29, 0.717) is 6.54 Å². The number of benzene rings is 1. The molecule has 140 valence electrons. The number of carbonyl (C=O) groups is 2. The van der Waals surface area contributed by atoms with Gasteiger partial charge in [0, 0.05) is 12.2 Å². The van der Waals surface area contributed by atoms with Gasteiger partial charge < -0.3 is 10.6 Å². The van der Waals surface area contributed by atoms with Crippen molar-refractivity contribution in [3.8, 4) is 0 Å². The molecule has 0 aliphatic carbocycles. The highest BCUT2D eigenvalue weighted by molar-refractivity contribution is 6.31. The van der Waals surface area contributed by atoms with E-state index in [0.717, 1.165) is 25.0 Å². The molecule has 9 heteroatoms. The third-order valence-corrected chi connectivity index (χ3v) is 3.56. The molecule has 0 aliphatic rings. The van der Waals surface area contributed by atoms with Gasteiger partial charge >= 0.3 is 6.18 Å². The summed E-state index contributed by atoms with van der Waals surface area (Å²) in [6.45, 7) is 2.46. The highest BCUT2D eigenvalue weighted by atomic mass is 35.5. The Labute approximate surface area is 149 Å². The first-order valence-corrected chi connectivity index (χ1v) is 8.13. The molecule has 2 N–H and O–H groups in total. The maximum Gasteiger partial charge on any atom is 0.417 e. The maximum absolute atomic E-state index is 12.8. The molecular formula is C16H21ClF3N3O2. The molecule has 1 rings (SSSR count). The molecule has 25 heavy (non-hydrogen) atoms. The molecular weight excluding hydrogens is 359 g/mol. The highest BCUT2D eigenvalue weighted by Crippen LogP contribution is 2.36. The predicted molar refractivity (Wildman–Crippen MR) is 90.5 cm³/mol. The first-order valence-electron chi connectivity index (χ1n) is 7.75. The molecule has 2 amide bonds. The Morgan fingerprint density at radius 3 is 2.44 bits per heavy atom. The topological polar surface area (TPSA) is 61.4 Å². The van der Waals surface area contributed by atoms with Crippen LogP contribution in [0.5, 0.6) is 0 Å². The first kappa shape index (κ1) is 21.2. The minimum absolute atomic E-state index is 0.0116. The van der Waals surface area contributed by atoms with Crippen LogP contribution in [0.2, 0.25) is 5.02 Å². The lowest BCUT2D eigenvalue weighted by Crippen LogP contribution is -2.39. The average molecular weight is 380 g/mol. The summed E-state index contributed by atoms with van der Waals surface area (Å²) in [6.07, 6.45) is -2.78. The van der Waals surface area contributed by atoms with Crippen LogP contribution >= 0.6 is 11.6 Å². The number of hydrogen-bond donors (Lipinski definition) is 2. The third kappa shape index (κ3) is 7.74. The van der Waals surface area contributed by atoms with E-state index in [-0.39, 0.29) is 24.7 Å². The minimum Gasteiger partial charge on any atom is -0.355 e. The second-order valence-corrected chi connectivity index (χ2v) is 6.02. The smallest absolute Gasteiger partial charge is 0.355 e. The van der Waals surface area contributed by atoms with Crippen LogP contribution in [0, 0.1) is 0 Å². The quantitative estimate of drug-likeness (QED) is 0.682. The van der Waals surface area contributed by atoms with Gasteiger partial charge in [-0.05, 0) is 31.7 Å². The Morgan fingerprint density at radius 1 is 1.20 bits per heavy atom. The Hall–Kier alpha value is -1.80. The van der Waals surface area contributed by atoms with E-state index in [1.165, 1.54) is 11.0 Å². The van der Waals surface area contributed by atoms with Crippen molar-refractivity contribution >= 4 is 29.1 Å². The maximum atomic E-state index is 12.8. The summed E-state index contributed by atoms with van der Waals surface area (Å²) in [6, 6.07) is 3.13. The van der Waals surface area contributed by atoms with Gasteiger partial charge in [-0.15, -0.1) is 0 Å². The van der Waals surface area contributed by atoms with Crippen LogP contribution in [-0.4, -0.2) is 43.4 Å². The minimum atomic E-state index is -4.61. The number of unbranched alkanes of at least 4 members (excludes halogenated alkanes) is 1. The van der Waals surface area contributed by atoms with Gasteiger partial charge in [0.15, 0.2) is 0 Å². The van der Waals surface area contributed by atoms with E-state index in [4.69, 9.17) is 11.6 Å². The van der Waals surface area contributed by atoms with Crippen molar-refractivity contribution < 1.29 is 22.8 Å². The number of likely N-dealkylation sites (N-methyl/N-ethyl adjacent to an activating group) is 1. The summed E-state index contributed by atoms with van der Waals surface area (Å²) in [7, 11) is 1.57. The fraction of sp³-hybridized carbons (Fsp3) is 0.500. The lowest BCUT2D eigenvalue weighted by Gasteiger charge is -2.16. The molecule has 0 atom stereocenters. The van der Waals surface area contributed by atoms with Crippen molar-refractivity contribution in [1.82, 2.24) is 10.2 Å². The second-order valence-electron chi connectivity index (χ2n) is 5.62. The molecule has 0 heterocycles. The summed E-state index contributed by atoms with van der Waals surface area (Å²) in [5.74, 6) is -0.742. The largest absolute Gasteiger partial charge is 0.417 e. The summed E-state index contributed by atoms with van der Waals surface area (Å²) in [5, 5.41) is 4.64. The predicted octanol–water partition coefficient (Wildman–Crippen LogP) is 3.15. The number of anilines is 1. The Balaban J connectivity index is 2.55. The van der Waals surface area contributed by atoms with Crippen LogP contribution in [0.4, 0.5) is 18.9 Å². The van der Waals surface area contributed by atoms with E-state index >= 15 is 0 Å². The van der Waals surface area contributed by atoms with E-state index < -0.39 is 22.7 Å². The molecule has 0 unspecified atom stereocenters. The van der Waals surface area contributed by atoms with Gasteiger partial charge in [0.2, 0.25) is 11.8 Å². The summed E-state index contributed by atoms with van der Waals surface area (Å²) in [4.78, 5) is 25.0. The third-order valence-electron chi connectivity index (χ3n) is 3.24. The van der Waals surface area contributed by atoms with E-state index in [2.05, 4.69) is 10.6 Å². The number of rotatable bonds is 8. The van der Waals surface area contributed by atoms with Gasteiger partial charge in [0.05, 0.1) is 23.7 Å². The number of nitrogens with zero attached hydrogens (tertiary/aromatic N) is 1. The standard InChI is InChI=1S/C16H21ClF3N3O2/c1-3-4-7-21-14(24)9-23(2)10-15(25)22-11-5-6-13(17)12(8-11)16(18,19)20/h5-6,8H,3-4,7,9-10H2,1-2H3,(H,21,24)(H,22,25). The molecule has 0 radical (unpaired) electrons. The summed E-state index contributed by atoms with van der Waals surface area (Å²) in [5.41, 5.74) is -1.03. The van der Waals surface area contributed by atoms with Gasteiger partial charge in [0.1, 0.15) is 0 Å². The van der Waals surface area contributed by atoms with Crippen LogP contribution in [0.3, 0.4) is 0 Å². The zero-order valence-corrected chi connectivity index (χ0v) is 14.8. The normalized spacial score (nSPS) is 11.5. The molecule has 0 aromatic heterocycles. The summed E-state index contributed by atoms with van der Waals surface area (Å²) >= 11 is 5.53. The molecule has 0 spiro atoms. The molecule has 1 aromatic rings. The molecule has 0 bridgehead atoms. The molecule has 1 aromatic carbocycles. The second kappa shape index (κ2) is 9.62. The first-order chi connectivity index (χ1) is 11.6. The Bertz CT molecular complexity index is 609. The monoisotopic (exact) mass is 379 g/mol.